The van der Waals surface area contributed by atoms with E-state index in [0.717, 1.165) is 0 Å². The molecule has 0 aliphatic rings. The molecule has 0 saturated carbocycles. The van der Waals surface area contributed by atoms with Gasteiger partial charge in [-0.3, -0.25) is 14.1 Å². The van der Waals surface area contributed by atoms with Crippen molar-refractivity contribution in [3.63, 3.8) is 0 Å². The van der Waals surface area contributed by atoms with Crippen molar-refractivity contribution in [3.05, 3.63) is 29.8 Å². The van der Waals surface area contributed by atoms with Crippen LogP contribution in [-0.4, -0.2) is 48.8 Å². The molecule has 1 atom stereocenters. The van der Waals surface area contributed by atoms with Gasteiger partial charge in [0.25, 0.3) is 10.1 Å². The summed E-state index contributed by atoms with van der Waals surface area (Å²) in [5.41, 5.74) is 0.295. The minimum absolute atomic E-state index is 0.0515. The molecule has 1 aromatic rings. The summed E-state index contributed by atoms with van der Waals surface area (Å²) in [7, 11) is -4.23. The van der Waals surface area contributed by atoms with Crippen LogP contribution in [0.1, 0.15) is 11.6 Å². The number of carbonyl (C=O) groups is 2. The molecular formula is C12H15N2O7S. The lowest BCUT2D eigenvalue weighted by atomic mass is 10.1. The van der Waals surface area contributed by atoms with E-state index < -0.39 is 40.3 Å². The zero-order chi connectivity index (χ0) is 16.8. The van der Waals surface area contributed by atoms with Gasteiger partial charge in [0.15, 0.2) is 6.61 Å². The summed E-state index contributed by atoms with van der Waals surface area (Å²) < 4.78 is 29.7. The Labute approximate surface area is 126 Å². The standard InChI is InChI=1S/C12H15N2O7S/c15-7-10(17)14-11(8-1-3-9(16)4-2-8)12(18)13-5-6-22(19,20)21/h1-4,11,16H,5-7H2,(H,13,18)(H,14,17)(H,19,20,21)/t11-/m1/s1. The molecule has 1 radical (unpaired) electrons. The van der Waals surface area contributed by atoms with Gasteiger partial charge in [-0.15, -0.1) is 0 Å². The van der Waals surface area contributed by atoms with Crippen LogP contribution in [0.25, 0.3) is 0 Å². The van der Waals surface area contributed by atoms with Crippen LogP contribution >= 0.6 is 0 Å². The van der Waals surface area contributed by atoms with E-state index in [2.05, 4.69) is 10.6 Å². The smallest absolute Gasteiger partial charge is 0.266 e. The molecule has 1 aromatic carbocycles. The Hall–Kier alpha value is -2.17. The van der Waals surface area contributed by atoms with Crippen LogP contribution < -0.4 is 10.6 Å². The lowest BCUT2D eigenvalue weighted by Crippen LogP contribution is -2.42. The number of hydrogen-bond acceptors (Lipinski definition) is 5. The predicted molar refractivity (Wildman–Crippen MR) is 74.0 cm³/mol. The monoisotopic (exact) mass is 331 g/mol. The average Bonchev–Trinajstić information content (AvgIpc) is 2.44. The van der Waals surface area contributed by atoms with Gasteiger partial charge in [0, 0.05) is 6.54 Å². The number of benzene rings is 1. The van der Waals surface area contributed by atoms with E-state index in [4.69, 9.17) is 4.55 Å². The second-order valence-electron chi connectivity index (χ2n) is 4.31. The Kier molecular flexibility index (Phi) is 6.28. The zero-order valence-electron chi connectivity index (χ0n) is 11.4. The van der Waals surface area contributed by atoms with Gasteiger partial charge in [0.1, 0.15) is 11.8 Å². The molecule has 4 N–H and O–H groups in total. The Bertz CT molecular complexity index is 627. The van der Waals surface area contributed by atoms with Crippen molar-refractivity contribution < 1.29 is 32.8 Å². The Morgan fingerprint density at radius 1 is 1.18 bits per heavy atom. The van der Waals surface area contributed by atoms with Crippen molar-refractivity contribution >= 4 is 21.9 Å². The highest BCUT2D eigenvalue weighted by Crippen LogP contribution is 2.17. The van der Waals surface area contributed by atoms with Crippen LogP contribution in [0.3, 0.4) is 0 Å². The maximum absolute atomic E-state index is 12.0. The van der Waals surface area contributed by atoms with Crippen LogP contribution in [-0.2, 0) is 24.8 Å². The molecule has 0 bridgehead atoms. The van der Waals surface area contributed by atoms with Gasteiger partial charge in [0.05, 0.1) is 5.75 Å². The fourth-order valence-electron chi connectivity index (χ4n) is 1.57. The Morgan fingerprint density at radius 2 is 1.77 bits per heavy atom. The number of rotatable bonds is 7. The first-order valence-corrected chi connectivity index (χ1v) is 7.73. The van der Waals surface area contributed by atoms with E-state index in [1.165, 1.54) is 24.3 Å². The van der Waals surface area contributed by atoms with Crippen LogP contribution in [0, 0.1) is 0 Å². The van der Waals surface area contributed by atoms with Gasteiger partial charge in [-0.2, -0.15) is 8.42 Å². The van der Waals surface area contributed by atoms with Crippen molar-refractivity contribution in [1.29, 1.82) is 0 Å². The molecule has 0 aromatic heterocycles. The summed E-state index contributed by atoms with van der Waals surface area (Å²) in [5.74, 6) is -2.40. The van der Waals surface area contributed by atoms with Crippen molar-refractivity contribution in [3.8, 4) is 5.75 Å². The van der Waals surface area contributed by atoms with E-state index in [9.17, 15) is 28.2 Å². The highest BCUT2D eigenvalue weighted by Gasteiger charge is 2.22. The molecule has 0 unspecified atom stereocenters. The zero-order valence-corrected chi connectivity index (χ0v) is 12.2. The second-order valence-corrected chi connectivity index (χ2v) is 5.89. The highest BCUT2D eigenvalue weighted by atomic mass is 32.2. The van der Waals surface area contributed by atoms with Gasteiger partial charge in [0.2, 0.25) is 11.8 Å². The normalized spacial score (nSPS) is 12.5. The third kappa shape index (κ3) is 6.08. The number of phenolic OH excluding ortho intramolecular Hbond substituents is 1. The summed E-state index contributed by atoms with van der Waals surface area (Å²) >= 11 is 0. The summed E-state index contributed by atoms with van der Waals surface area (Å²) in [6.07, 6.45) is 0. The molecule has 0 spiro atoms. The van der Waals surface area contributed by atoms with E-state index >= 15 is 0 Å². The summed E-state index contributed by atoms with van der Waals surface area (Å²) in [6.45, 7) is -1.44. The number of carbonyl (C=O) groups excluding carboxylic acids is 2. The molecule has 10 heteroatoms. The summed E-state index contributed by atoms with van der Waals surface area (Å²) in [6, 6.07) is 4.10. The van der Waals surface area contributed by atoms with E-state index in [0.29, 0.717) is 5.56 Å². The molecule has 9 nitrogen and oxygen atoms in total. The first kappa shape index (κ1) is 17.9. The number of hydrogen-bond donors (Lipinski definition) is 4. The SMILES string of the molecule is [O]CC(=O)N[C@@H](C(=O)NCCS(=O)(=O)O)c1ccc(O)cc1. The minimum Gasteiger partial charge on any atom is -0.508 e. The predicted octanol–water partition coefficient (Wildman–Crippen LogP) is -1.02. The summed E-state index contributed by atoms with van der Waals surface area (Å²) in [5, 5.41) is 24.1. The van der Waals surface area contributed by atoms with E-state index in [1.54, 1.807) is 0 Å². The second kappa shape index (κ2) is 7.73. The first-order chi connectivity index (χ1) is 10.2. The van der Waals surface area contributed by atoms with Gasteiger partial charge in [-0.1, -0.05) is 12.1 Å². The van der Waals surface area contributed by atoms with E-state index in [1.807, 2.05) is 0 Å². The average molecular weight is 331 g/mol. The highest BCUT2D eigenvalue weighted by molar-refractivity contribution is 7.85. The van der Waals surface area contributed by atoms with Gasteiger partial charge in [-0.05, 0) is 17.7 Å². The molecule has 2 amide bonds. The fourth-order valence-corrected chi connectivity index (χ4v) is 1.93. The quantitative estimate of drug-likeness (QED) is 0.469. The van der Waals surface area contributed by atoms with Gasteiger partial charge >= 0.3 is 0 Å². The molecule has 0 saturated heterocycles. The fraction of sp³-hybridized carbons (Fsp3) is 0.333. The van der Waals surface area contributed by atoms with Crippen LogP contribution in [0.15, 0.2) is 24.3 Å². The Morgan fingerprint density at radius 3 is 2.27 bits per heavy atom. The molecular weight excluding hydrogens is 316 g/mol. The molecule has 0 heterocycles. The van der Waals surface area contributed by atoms with Crippen LogP contribution in [0.5, 0.6) is 5.75 Å². The third-order valence-corrected chi connectivity index (χ3v) is 3.30. The summed E-state index contributed by atoms with van der Waals surface area (Å²) in [4.78, 5) is 23.2. The lowest BCUT2D eigenvalue weighted by Gasteiger charge is -2.18. The third-order valence-electron chi connectivity index (χ3n) is 2.58. The van der Waals surface area contributed by atoms with Gasteiger partial charge in [-0.25, -0.2) is 5.11 Å². The lowest BCUT2D eigenvalue weighted by molar-refractivity contribution is -0.131. The van der Waals surface area contributed by atoms with Gasteiger partial charge < -0.3 is 15.7 Å². The number of phenols is 1. The topological polar surface area (TPSA) is 153 Å². The number of aromatic hydroxyl groups is 1. The number of amides is 2. The van der Waals surface area contributed by atoms with Crippen molar-refractivity contribution in [2.24, 2.45) is 0 Å². The van der Waals surface area contributed by atoms with E-state index in [-0.39, 0.29) is 12.3 Å². The molecule has 0 aliphatic carbocycles. The van der Waals surface area contributed by atoms with Crippen molar-refractivity contribution in [1.82, 2.24) is 10.6 Å². The minimum atomic E-state index is -4.23. The van der Waals surface area contributed by atoms with Crippen LogP contribution in [0.4, 0.5) is 0 Å². The molecule has 0 aliphatic heterocycles. The molecule has 0 fully saturated rings. The molecule has 1 rings (SSSR count). The largest absolute Gasteiger partial charge is 0.508 e. The van der Waals surface area contributed by atoms with Crippen molar-refractivity contribution in [2.75, 3.05) is 18.9 Å². The maximum Gasteiger partial charge on any atom is 0.266 e. The number of nitrogens with one attached hydrogen (secondary N) is 2. The molecule has 22 heavy (non-hydrogen) atoms. The first-order valence-electron chi connectivity index (χ1n) is 6.12. The maximum atomic E-state index is 12.0. The van der Waals surface area contributed by atoms with Crippen LogP contribution in [0.2, 0.25) is 0 Å². The molecule has 121 valence electrons. The Balaban J connectivity index is 2.83. The van der Waals surface area contributed by atoms with Crippen molar-refractivity contribution in [2.45, 2.75) is 6.04 Å².